The number of carboxylic acids is 1. The second kappa shape index (κ2) is 9.55. The summed E-state index contributed by atoms with van der Waals surface area (Å²) < 4.78 is 4.94. The van der Waals surface area contributed by atoms with E-state index in [9.17, 15) is 9.59 Å². The van der Waals surface area contributed by atoms with Crippen LogP contribution in [0.4, 0.5) is 4.79 Å². The molecule has 1 unspecified atom stereocenters. The summed E-state index contributed by atoms with van der Waals surface area (Å²) in [7, 11) is 0. The van der Waals surface area contributed by atoms with Crippen molar-refractivity contribution in [3.8, 4) is 0 Å². The quantitative estimate of drug-likeness (QED) is 0.508. The maximum absolute atomic E-state index is 11.4. The summed E-state index contributed by atoms with van der Waals surface area (Å²) in [5.41, 5.74) is 5.36. The van der Waals surface area contributed by atoms with Crippen LogP contribution in [0.2, 0.25) is 0 Å². The van der Waals surface area contributed by atoms with Gasteiger partial charge in [0.15, 0.2) is 11.6 Å². The van der Waals surface area contributed by atoms with Crippen LogP contribution in [0.25, 0.3) is 0 Å². The summed E-state index contributed by atoms with van der Waals surface area (Å²) in [6.45, 7) is 2.20. The molecular formula is C12H20N6O4. The zero-order valence-electron chi connectivity index (χ0n) is 12.4. The highest BCUT2D eigenvalue weighted by atomic mass is 16.5. The Morgan fingerprint density at radius 2 is 1.95 bits per heavy atom. The SMILES string of the molecule is Cc1nnc(CCOC(=O)NCCCCC(N)C(=O)O)nn1. The monoisotopic (exact) mass is 312 g/mol. The van der Waals surface area contributed by atoms with Gasteiger partial charge in [-0.25, -0.2) is 4.79 Å². The molecule has 1 aromatic rings. The minimum Gasteiger partial charge on any atom is -0.480 e. The average Bonchev–Trinajstić information content (AvgIpc) is 2.48. The van der Waals surface area contributed by atoms with Crippen molar-refractivity contribution in [2.45, 2.75) is 38.6 Å². The molecule has 0 aliphatic rings. The van der Waals surface area contributed by atoms with Gasteiger partial charge in [0.2, 0.25) is 0 Å². The standard InChI is InChI=1S/C12H20N6O4/c1-8-15-17-10(18-16-8)5-7-22-12(21)14-6-3-2-4-9(13)11(19)20/h9H,2-7,13H2,1H3,(H,14,21)(H,19,20). The largest absolute Gasteiger partial charge is 0.480 e. The molecule has 10 nitrogen and oxygen atoms in total. The van der Waals surface area contributed by atoms with Crippen LogP contribution in [0, 0.1) is 6.92 Å². The zero-order valence-corrected chi connectivity index (χ0v) is 12.4. The van der Waals surface area contributed by atoms with Gasteiger partial charge in [0.05, 0.1) is 0 Å². The number of ether oxygens (including phenoxy) is 1. The average molecular weight is 312 g/mol. The van der Waals surface area contributed by atoms with Gasteiger partial charge < -0.3 is 20.9 Å². The maximum atomic E-state index is 11.4. The highest BCUT2D eigenvalue weighted by Crippen LogP contribution is 1.98. The fourth-order valence-electron chi connectivity index (χ4n) is 1.49. The lowest BCUT2D eigenvalue weighted by molar-refractivity contribution is -0.138. The van der Waals surface area contributed by atoms with Crippen LogP contribution in [-0.2, 0) is 16.0 Å². The molecule has 0 spiro atoms. The van der Waals surface area contributed by atoms with Crippen molar-refractivity contribution in [2.75, 3.05) is 13.2 Å². The fourth-order valence-corrected chi connectivity index (χ4v) is 1.49. The van der Waals surface area contributed by atoms with E-state index < -0.39 is 18.1 Å². The van der Waals surface area contributed by atoms with Crippen molar-refractivity contribution in [2.24, 2.45) is 5.73 Å². The van der Waals surface area contributed by atoms with Crippen LogP contribution < -0.4 is 11.1 Å². The van der Waals surface area contributed by atoms with Crippen LogP contribution in [0.5, 0.6) is 0 Å². The van der Waals surface area contributed by atoms with E-state index >= 15 is 0 Å². The van der Waals surface area contributed by atoms with Gasteiger partial charge in [0.25, 0.3) is 0 Å². The van der Waals surface area contributed by atoms with Gasteiger partial charge in [0.1, 0.15) is 12.6 Å². The third-order valence-corrected chi connectivity index (χ3v) is 2.71. The molecule has 1 amide bonds. The lowest BCUT2D eigenvalue weighted by Gasteiger charge is -2.07. The molecular weight excluding hydrogens is 292 g/mol. The number of carboxylic acid groups (broad SMARTS) is 1. The number of alkyl carbamates (subject to hydrolysis) is 1. The number of hydrogen-bond donors (Lipinski definition) is 3. The molecule has 0 radical (unpaired) electrons. The minimum atomic E-state index is -1.02. The van der Waals surface area contributed by atoms with Crippen LogP contribution >= 0.6 is 0 Å². The summed E-state index contributed by atoms with van der Waals surface area (Å²) in [5.74, 6) is -0.138. The molecule has 0 fully saturated rings. The number of amides is 1. The highest BCUT2D eigenvalue weighted by Gasteiger charge is 2.10. The predicted molar refractivity (Wildman–Crippen MR) is 74.9 cm³/mol. The summed E-state index contributed by atoms with van der Waals surface area (Å²) >= 11 is 0. The predicted octanol–water partition coefficient (Wildman–Crippen LogP) is -0.574. The first-order chi connectivity index (χ1) is 10.5. The molecule has 122 valence electrons. The number of aryl methyl sites for hydroxylation is 1. The molecule has 4 N–H and O–H groups in total. The number of aromatic nitrogens is 4. The third-order valence-electron chi connectivity index (χ3n) is 2.71. The lowest BCUT2D eigenvalue weighted by Crippen LogP contribution is -2.30. The summed E-state index contributed by atoms with van der Waals surface area (Å²) in [4.78, 5) is 21.9. The Kier molecular flexibility index (Phi) is 7.68. The van der Waals surface area contributed by atoms with Crippen molar-refractivity contribution in [1.29, 1.82) is 0 Å². The van der Waals surface area contributed by atoms with Gasteiger partial charge in [-0.1, -0.05) is 0 Å². The van der Waals surface area contributed by atoms with Gasteiger partial charge in [-0.3, -0.25) is 4.79 Å². The zero-order chi connectivity index (χ0) is 16.4. The van der Waals surface area contributed by atoms with Crippen LogP contribution in [0.15, 0.2) is 0 Å². The van der Waals surface area contributed by atoms with Crippen molar-refractivity contribution in [1.82, 2.24) is 25.7 Å². The highest BCUT2D eigenvalue weighted by molar-refractivity contribution is 5.72. The van der Waals surface area contributed by atoms with E-state index in [2.05, 4.69) is 25.7 Å². The molecule has 1 rings (SSSR count). The van der Waals surface area contributed by atoms with Crippen molar-refractivity contribution >= 4 is 12.1 Å². The van der Waals surface area contributed by atoms with Gasteiger partial charge in [-0.2, -0.15) is 0 Å². The third kappa shape index (κ3) is 7.43. The smallest absolute Gasteiger partial charge is 0.407 e. The second-order valence-corrected chi connectivity index (χ2v) is 4.62. The Hall–Kier alpha value is -2.36. The van der Waals surface area contributed by atoms with Crippen molar-refractivity contribution < 1.29 is 19.4 Å². The van der Waals surface area contributed by atoms with E-state index in [-0.39, 0.29) is 6.61 Å². The molecule has 0 saturated carbocycles. The number of rotatable bonds is 9. The Balaban J connectivity index is 2.04. The van der Waals surface area contributed by atoms with Crippen LogP contribution in [0.3, 0.4) is 0 Å². The van der Waals surface area contributed by atoms with Crippen LogP contribution in [0.1, 0.15) is 30.9 Å². The number of hydrogen-bond acceptors (Lipinski definition) is 8. The van der Waals surface area contributed by atoms with Gasteiger partial charge in [-0.15, -0.1) is 20.4 Å². The van der Waals surface area contributed by atoms with E-state index in [0.29, 0.717) is 43.9 Å². The first-order valence-electron chi connectivity index (χ1n) is 6.91. The Morgan fingerprint density at radius 1 is 1.27 bits per heavy atom. The van der Waals surface area contributed by atoms with E-state index in [1.165, 1.54) is 0 Å². The van der Waals surface area contributed by atoms with E-state index in [0.717, 1.165) is 0 Å². The Morgan fingerprint density at radius 3 is 2.59 bits per heavy atom. The van der Waals surface area contributed by atoms with Crippen LogP contribution in [-0.4, -0.2) is 56.8 Å². The summed E-state index contributed by atoms with van der Waals surface area (Å²) in [5, 5.41) is 26.2. The van der Waals surface area contributed by atoms with E-state index in [1.54, 1.807) is 6.92 Å². The van der Waals surface area contributed by atoms with Crippen molar-refractivity contribution in [3.05, 3.63) is 11.6 Å². The first-order valence-corrected chi connectivity index (χ1v) is 6.91. The lowest BCUT2D eigenvalue weighted by atomic mass is 10.1. The number of nitrogens with one attached hydrogen (secondary N) is 1. The molecule has 0 aliphatic heterocycles. The minimum absolute atomic E-state index is 0.127. The number of carbonyl (C=O) groups is 2. The number of nitrogens with two attached hydrogens (primary N) is 1. The molecule has 0 aliphatic carbocycles. The fraction of sp³-hybridized carbons (Fsp3) is 0.667. The Bertz CT molecular complexity index is 481. The molecule has 0 bridgehead atoms. The molecule has 0 saturated heterocycles. The first kappa shape index (κ1) is 17.7. The summed E-state index contributed by atoms with van der Waals surface area (Å²) in [6.07, 6.45) is 1.40. The van der Waals surface area contributed by atoms with Gasteiger partial charge in [-0.05, 0) is 26.2 Å². The molecule has 0 aromatic carbocycles. The molecule has 1 heterocycles. The van der Waals surface area contributed by atoms with Gasteiger partial charge >= 0.3 is 12.1 Å². The normalized spacial score (nSPS) is 11.7. The van der Waals surface area contributed by atoms with E-state index in [4.69, 9.17) is 15.6 Å². The molecule has 1 aromatic heterocycles. The summed E-state index contributed by atoms with van der Waals surface area (Å²) in [6, 6.07) is -0.858. The molecule has 22 heavy (non-hydrogen) atoms. The molecule has 10 heteroatoms. The molecule has 1 atom stereocenters. The van der Waals surface area contributed by atoms with Gasteiger partial charge in [0, 0.05) is 13.0 Å². The number of nitrogens with zero attached hydrogens (tertiary/aromatic N) is 4. The number of carbonyl (C=O) groups excluding carboxylic acids is 1. The maximum Gasteiger partial charge on any atom is 0.407 e. The number of unbranched alkanes of at least 4 members (excludes halogenated alkanes) is 1. The topological polar surface area (TPSA) is 153 Å². The Labute approximate surface area is 127 Å². The van der Waals surface area contributed by atoms with E-state index in [1.807, 2.05) is 0 Å². The number of aliphatic carboxylic acids is 1. The second-order valence-electron chi connectivity index (χ2n) is 4.62. The van der Waals surface area contributed by atoms with Crippen molar-refractivity contribution in [3.63, 3.8) is 0 Å².